The molecule has 24 heavy (non-hydrogen) atoms. The lowest BCUT2D eigenvalue weighted by molar-refractivity contribution is -0.134. The van der Waals surface area contributed by atoms with E-state index >= 15 is 0 Å². The molecule has 124 valence electrons. The first-order valence-corrected chi connectivity index (χ1v) is 8.62. The zero-order chi connectivity index (χ0) is 17.5. The van der Waals surface area contributed by atoms with Crippen molar-refractivity contribution in [2.24, 2.45) is 0 Å². The van der Waals surface area contributed by atoms with Crippen LogP contribution in [0.1, 0.15) is 22.8 Å². The molecule has 0 aliphatic carbocycles. The fourth-order valence-corrected chi connectivity index (χ4v) is 3.29. The normalized spacial score (nSPS) is 19.4. The van der Waals surface area contributed by atoms with Gasteiger partial charge in [0.1, 0.15) is 0 Å². The number of fused-ring (bicyclic) bond motifs is 1. The maximum Gasteiger partial charge on any atom is 0.339 e. The number of amides is 1. The Morgan fingerprint density at radius 3 is 2.75 bits per heavy atom. The second-order valence-corrected chi connectivity index (χ2v) is 7.44. The van der Waals surface area contributed by atoms with Crippen molar-refractivity contribution in [2.75, 3.05) is 5.32 Å². The first kappa shape index (κ1) is 17.3. The van der Waals surface area contributed by atoms with Crippen LogP contribution in [0.25, 0.3) is 0 Å². The van der Waals surface area contributed by atoms with Gasteiger partial charge in [0.05, 0.1) is 16.3 Å². The van der Waals surface area contributed by atoms with Crippen LogP contribution >= 0.6 is 39.1 Å². The molecule has 0 aromatic heterocycles. The maximum atomic E-state index is 12.7. The molecule has 0 spiro atoms. The highest BCUT2D eigenvalue weighted by molar-refractivity contribution is 9.10. The Kier molecular flexibility index (Phi) is 4.60. The fourth-order valence-electron chi connectivity index (χ4n) is 2.54. The largest absolute Gasteiger partial charge is 0.445 e. The maximum absolute atomic E-state index is 12.7. The summed E-state index contributed by atoms with van der Waals surface area (Å²) in [6, 6.07) is 9.99. The van der Waals surface area contributed by atoms with Gasteiger partial charge in [-0.05, 0) is 48.9 Å². The number of halogens is 3. The summed E-state index contributed by atoms with van der Waals surface area (Å²) >= 11 is 15.4. The molecule has 1 aliphatic rings. The topological polar surface area (TPSA) is 55.4 Å². The number of ether oxygens (including phenoxy) is 1. The van der Waals surface area contributed by atoms with E-state index in [0.717, 1.165) is 10.0 Å². The second kappa shape index (κ2) is 6.39. The summed E-state index contributed by atoms with van der Waals surface area (Å²) in [6.45, 7) is 1.57. The minimum absolute atomic E-state index is 0.261. The predicted molar refractivity (Wildman–Crippen MR) is 96.8 cm³/mol. The molecule has 0 saturated carbocycles. The van der Waals surface area contributed by atoms with Crippen molar-refractivity contribution in [2.45, 2.75) is 18.9 Å². The number of nitrogens with one attached hydrogen (secondary N) is 1. The molecule has 1 aliphatic heterocycles. The molecule has 7 heteroatoms. The molecular weight excluding hydrogens is 417 g/mol. The molecule has 1 amide bonds. The Bertz CT molecular complexity index is 856. The Morgan fingerprint density at radius 1 is 1.25 bits per heavy atom. The molecule has 2 aromatic rings. The standard InChI is InChI=1S/C17H12BrCl2NO3/c1-17(16(23)21-14-7-11(19)3-5-13(14)20)8-9-6-10(18)2-4-12(9)15(22)24-17/h2-7H,8H2,1H3,(H,21,23). The average Bonchev–Trinajstić information content (AvgIpc) is 2.50. The third-order valence-corrected chi connectivity index (χ3v) is 4.85. The van der Waals surface area contributed by atoms with E-state index in [-0.39, 0.29) is 6.42 Å². The highest BCUT2D eigenvalue weighted by Gasteiger charge is 2.43. The Hall–Kier alpha value is -1.56. The number of cyclic esters (lactones) is 1. The summed E-state index contributed by atoms with van der Waals surface area (Å²) in [5.74, 6) is -0.996. The van der Waals surface area contributed by atoms with Crippen LogP contribution in [0.4, 0.5) is 5.69 Å². The molecule has 3 rings (SSSR count). The van der Waals surface area contributed by atoms with Crippen molar-refractivity contribution in [1.29, 1.82) is 0 Å². The number of hydrogen-bond acceptors (Lipinski definition) is 3. The van der Waals surface area contributed by atoms with Gasteiger partial charge in [0, 0.05) is 15.9 Å². The van der Waals surface area contributed by atoms with Gasteiger partial charge < -0.3 is 10.1 Å². The summed E-state index contributed by atoms with van der Waals surface area (Å²) < 4.78 is 6.23. The predicted octanol–water partition coefficient (Wildman–Crippen LogP) is 4.87. The van der Waals surface area contributed by atoms with Gasteiger partial charge in [0.25, 0.3) is 5.91 Å². The number of anilines is 1. The van der Waals surface area contributed by atoms with E-state index in [1.54, 1.807) is 37.3 Å². The summed E-state index contributed by atoms with van der Waals surface area (Å²) in [4.78, 5) is 24.9. The Labute approximate surface area is 157 Å². The minimum Gasteiger partial charge on any atom is -0.445 e. The third kappa shape index (κ3) is 3.29. The number of benzene rings is 2. The highest BCUT2D eigenvalue weighted by atomic mass is 79.9. The van der Waals surface area contributed by atoms with E-state index < -0.39 is 17.5 Å². The minimum atomic E-state index is -1.34. The first-order chi connectivity index (χ1) is 11.3. The van der Waals surface area contributed by atoms with Gasteiger partial charge in [-0.25, -0.2) is 4.79 Å². The van der Waals surface area contributed by atoms with Gasteiger partial charge >= 0.3 is 5.97 Å². The van der Waals surface area contributed by atoms with E-state index in [1.807, 2.05) is 6.07 Å². The average molecular weight is 429 g/mol. The van der Waals surface area contributed by atoms with E-state index in [4.69, 9.17) is 27.9 Å². The molecule has 0 bridgehead atoms. The molecule has 0 fully saturated rings. The summed E-state index contributed by atoms with van der Waals surface area (Å²) in [7, 11) is 0. The lowest BCUT2D eigenvalue weighted by Crippen LogP contribution is -2.49. The number of hydrogen-bond donors (Lipinski definition) is 1. The molecule has 1 atom stereocenters. The van der Waals surface area contributed by atoms with E-state index in [0.29, 0.717) is 21.3 Å². The zero-order valence-electron chi connectivity index (χ0n) is 12.5. The van der Waals surface area contributed by atoms with E-state index in [1.165, 1.54) is 0 Å². The van der Waals surface area contributed by atoms with Crippen LogP contribution in [0.3, 0.4) is 0 Å². The smallest absolute Gasteiger partial charge is 0.339 e. The lowest BCUT2D eigenvalue weighted by atomic mass is 9.89. The highest BCUT2D eigenvalue weighted by Crippen LogP contribution is 2.32. The van der Waals surface area contributed by atoms with Crippen molar-refractivity contribution in [3.05, 3.63) is 62.0 Å². The van der Waals surface area contributed by atoms with Crippen LogP contribution in [-0.4, -0.2) is 17.5 Å². The molecule has 1 heterocycles. The van der Waals surface area contributed by atoms with Gasteiger partial charge in [-0.1, -0.05) is 39.1 Å². The van der Waals surface area contributed by atoms with Crippen molar-refractivity contribution in [1.82, 2.24) is 0 Å². The van der Waals surface area contributed by atoms with Crippen molar-refractivity contribution >= 4 is 56.7 Å². The zero-order valence-corrected chi connectivity index (χ0v) is 15.6. The molecule has 4 nitrogen and oxygen atoms in total. The summed E-state index contributed by atoms with van der Waals surface area (Å²) in [6.07, 6.45) is 0.261. The SMILES string of the molecule is CC1(C(=O)Nc2cc(Cl)ccc2Cl)Cc2cc(Br)ccc2C(=O)O1. The van der Waals surface area contributed by atoms with Gasteiger partial charge in [0.15, 0.2) is 5.60 Å². The van der Waals surface area contributed by atoms with Crippen LogP contribution in [0.2, 0.25) is 10.0 Å². The van der Waals surface area contributed by atoms with Gasteiger partial charge in [0.2, 0.25) is 0 Å². The van der Waals surface area contributed by atoms with Crippen molar-refractivity contribution in [3.63, 3.8) is 0 Å². The fraction of sp³-hybridized carbons (Fsp3) is 0.176. The van der Waals surface area contributed by atoms with Crippen LogP contribution in [0, 0.1) is 0 Å². The molecular formula is C17H12BrCl2NO3. The molecule has 2 aromatic carbocycles. The quantitative estimate of drug-likeness (QED) is 0.694. The summed E-state index contributed by atoms with van der Waals surface area (Å²) in [5, 5.41) is 3.47. The van der Waals surface area contributed by atoms with Gasteiger partial charge in [-0.3, -0.25) is 4.79 Å². The number of esters is 1. The summed E-state index contributed by atoms with van der Waals surface area (Å²) in [5.41, 5.74) is 0.238. The molecule has 0 saturated heterocycles. The molecule has 1 N–H and O–H groups in total. The third-order valence-electron chi connectivity index (χ3n) is 3.79. The second-order valence-electron chi connectivity index (χ2n) is 5.68. The number of rotatable bonds is 2. The van der Waals surface area contributed by atoms with Crippen molar-refractivity contribution in [3.8, 4) is 0 Å². The monoisotopic (exact) mass is 427 g/mol. The van der Waals surface area contributed by atoms with E-state index in [2.05, 4.69) is 21.2 Å². The van der Waals surface area contributed by atoms with E-state index in [9.17, 15) is 9.59 Å². The van der Waals surface area contributed by atoms with Crippen LogP contribution < -0.4 is 5.32 Å². The van der Waals surface area contributed by atoms with Gasteiger partial charge in [-0.2, -0.15) is 0 Å². The Morgan fingerprint density at radius 2 is 2.00 bits per heavy atom. The van der Waals surface area contributed by atoms with Crippen LogP contribution in [-0.2, 0) is 16.0 Å². The van der Waals surface area contributed by atoms with Crippen LogP contribution in [0.15, 0.2) is 40.9 Å². The lowest BCUT2D eigenvalue weighted by Gasteiger charge is -2.33. The number of carbonyl (C=O) groups is 2. The Balaban J connectivity index is 1.89. The number of carbonyl (C=O) groups excluding carboxylic acids is 2. The van der Waals surface area contributed by atoms with Gasteiger partial charge in [-0.15, -0.1) is 0 Å². The molecule has 0 radical (unpaired) electrons. The first-order valence-electron chi connectivity index (χ1n) is 7.07. The van der Waals surface area contributed by atoms with Crippen LogP contribution in [0.5, 0.6) is 0 Å². The molecule has 1 unspecified atom stereocenters. The van der Waals surface area contributed by atoms with Crippen molar-refractivity contribution < 1.29 is 14.3 Å².